The van der Waals surface area contributed by atoms with Gasteiger partial charge in [-0.05, 0) is 63.3 Å². The fraction of sp³-hybridized carbons (Fsp3) is 0.387. The number of nitrogens with one attached hydrogen (secondary N) is 3. The van der Waals surface area contributed by atoms with Crippen LogP contribution in [-0.4, -0.2) is 52.6 Å². The third-order valence-corrected chi connectivity index (χ3v) is 6.46. The van der Waals surface area contributed by atoms with Crippen LogP contribution >= 0.6 is 11.6 Å². The first-order chi connectivity index (χ1) is 20.9. The van der Waals surface area contributed by atoms with E-state index in [2.05, 4.69) is 25.9 Å². The highest BCUT2D eigenvalue weighted by Crippen LogP contribution is 2.18. The maximum Gasteiger partial charge on any atom is 0.407 e. The van der Waals surface area contributed by atoms with Gasteiger partial charge in [-0.1, -0.05) is 54.1 Å². The molecule has 44 heavy (non-hydrogen) atoms. The van der Waals surface area contributed by atoms with E-state index in [-0.39, 0.29) is 41.4 Å². The highest BCUT2D eigenvalue weighted by atomic mass is 35.5. The summed E-state index contributed by atoms with van der Waals surface area (Å²) in [6, 6.07) is 16.7. The van der Waals surface area contributed by atoms with E-state index in [1.54, 1.807) is 20.8 Å². The molecule has 1 heterocycles. The second kappa shape index (κ2) is 16.3. The molecule has 0 saturated carbocycles. The second-order valence-corrected chi connectivity index (χ2v) is 11.5. The third-order valence-electron chi connectivity index (χ3n) is 6.18. The number of alkyl carbamates (subject to hydrolysis) is 1. The molecule has 1 aromatic heterocycles. The van der Waals surface area contributed by atoms with E-state index in [0.29, 0.717) is 38.2 Å². The Kier molecular flexibility index (Phi) is 12.6. The van der Waals surface area contributed by atoms with Crippen molar-refractivity contribution in [3.05, 3.63) is 76.6 Å². The molecule has 0 bridgehead atoms. The van der Waals surface area contributed by atoms with Gasteiger partial charge in [-0.15, -0.1) is 0 Å². The van der Waals surface area contributed by atoms with Gasteiger partial charge >= 0.3 is 6.09 Å². The van der Waals surface area contributed by atoms with Crippen molar-refractivity contribution in [1.29, 1.82) is 0 Å². The standard InChI is InChI=1S/C31H40ClN7O5/c1-31(2,3)44-30(42)35-16-8-7-11-22(18-36-29(41)25-27(33)39-28(34)26(32)38-25)37-24(40)17-20-12-14-23(15-13-20)43-19-21-9-5-4-6-10-21/h4-6,9-10,12-15,22H,7-8,11,16-19H2,1-3H3,(H,35,42)(H,36,41)(H,37,40)(H4,33,34,39)/t22-/m0/s1. The predicted molar refractivity (Wildman–Crippen MR) is 169 cm³/mol. The number of hydrogen-bond acceptors (Lipinski definition) is 9. The van der Waals surface area contributed by atoms with Gasteiger partial charge in [-0.3, -0.25) is 9.59 Å². The molecule has 12 nitrogen and oxygen atoms in total. The Bertz CT molecular complexity index is 1400. The lowest BCUT2D eigenvalue weighted by molar-refractivity contribution is -0.121. The Hall–Kier alpha value is -4.58. The van der Waals surface area contributed by atoms with Crippen LogP contribution in [0.15, 0.2) is 54.6 Å². The topological polar surface area (TPSA) is 184 Å². The fourth-order valence-electron chi connectivity index (χ4n) is 4.06. The quantitative estimate of drug-likeness (QED) is 0.165. The van der Waals surface area contributed by atoms with E-state index in [9.17, 15) is 14.4 Å². The number of nitrogens with two attached hydrogens (primary N) is 2. The lowest BCUT2D eigenvalue weighted by Gasteiger charge is -2.21. The summed E-state index contributed by atoms with van der Waals surface area (Å²) in [6.07, 6.45) is 1.45. The van der Waals surface area contributed by atoms with Crippen LogP contribution in [0.1, 0.15) is 61.6 Å². The molecule has 236 valence electrons. The highest BCUT2D eigenvalue weighted by Gasteiger charge is 2.19. The number of anilines is 2. The first-order valence-corrected chi connectivity index (χ1v) is 14.7. The van der Waals surface area contributed by atoms with Gasteiger partial charge in [0.1, 0.15) is 18.0 Å². The minimum atomic E-state index is -0.603. The molecule has 2 aromatic carbocycles. The van der Waals surface area contributed by atoms with Crippen molar-refractivity contribution in [1.82, 2.24) is 25.9 Å². The Balaban J connectivity index is 1.54. The summed E-state index contributed by atoms with van der Waals surface area (Å²) in [6.45, 7) is 6.32. The van der Waals surface area contributed by atoms with Gasteiger partial charge in [0, 0.05) is 19.1 Å². The molecule has 0 aliphatic rings. The number of aromatic nitrogens is 2. The minimum Gasteiger partial charge on any atom is -0.489 e. The lowest BCUT2D eigenvalue weighted by atomic mass is 10.1. The van der Waals surface area contributed by atoms with Crippen LogP contribution < -0.4 is 32.2 Å². The largest absolute Gasteiger partial charge is 0.489 e. The summed E-state index contributed by atoms with van der Waals surface area (Å²) in [7, 11) is 0. The number of benzene rings is 2. The molecule has 3 rings (SSSR count). The molecule has 0 unspecified atom stereocenters. The third kappa shape index (κ3) is 12.0. The van der Waals surface area contributed by atoms with E-state index < -0.39 is 23.6 Å². The highest BCUT2D eigenvalue weighted by molar-refractivity contribution is 6.31. The molecule has 0 aliphatic carbocycles. The molecule has 1 atom stereocenters. The molecular weight excluding hydrogens is 586 g/mol. The summed E-state index contributed by atoms with van der Waals surface area (Å²) in [5.41, 5.74) is 12.5. The van der Waals surface area contributed by atoms with Gasteiger partial charge in [0.25, 0.3) is 5.91 Å². The molecule has 0 fully saturated rings. The van der Waals surface area contributed by atoms with Crippen LogP contribution in [-0.2, 0) is 22.6 Å². The summed E-state index contributed by atoms with van der Waals surface area (Å²) >= 11 is 5.91. The first-order valence-electron chi connectivity index (χ1n) is 14.3. The zero-order chi connectivity index (χ0) is 32.1. The van der Waals surface area contributed by atoms with Crippen molar-refractivity contribution in [3.8, 4) is 5.75 Å². The average molecular weight is 626 g/mol. The molecule has 0 aliphatic heterocycles. The van der Waals surface area contributed by atoms with Crippen molar-refractivity contribution in [2.24, 2.45) is 0 Å². The van der Waals surface area contributed by atoms with Crippen LogP contribution in [0.4, 0.5) is 16.4 Å². The van der Waals surface area contributed by atoms with Crippen molar-refractivity contribution in [2.75, 3.05) is 24.6 Å². The number of carbonyl (C=O) groups excluding carboxylic acids is 3. The number of unbranched alkanes of at least 4 members (excludes halogenated alkanes) is 1. The number of hydrogen-bond donors (Lipinski definition) is 5. The molecule has 3 aromatic rings. The normalized spacial score (nSPS) is 11.7. The number of halogens is 1. The van der Waals surface area contributed by atoms with Crippen molar-refractivity contribution in [2.45, 2.75) is 64.7 Å². The molecule has 7 N–H and O–H groups in total. The van der Waals surface area contributed by atoms with Gasteiger partial charge in [-0.2, -0.15) is 0 Å². The van der Waals surface area contributed by atoms with Crippen LogP contribution in [0, 0.1) is 0 Å². The van der Waals surface area contributed by atoms with Crippen molar-refractivity contribution in [3.63, 3.8) is 0 Å². The summed E-state index contributed by atoms with van der Waals surface area (Å²) < 4.78 is 11.1. The van der Waals surface area contributed by atoms with Crippen LogP contribution in [0.2, 0.25) is 5.15 Å². The number of nitrogens with zero attached hydrogens (tertiary/aromatic N) is 2. The lowest BCUT2D eigenvalue weighted by Crippen LogP contribution is -2.44. The number of ether oxygens (including phenoxy) is 2. The fourth-order valence-corrected chi connectivity index (χ4v) is 4.19. The minimum absolute atomic E-state index is 0.0818. The second-order valence-electron chi connectivity index (χ2n) is 11.1. The number of carbonyl (C=O) groups is 3. The van der Waals surface area contributed by atoms with Gasteiger partial charge in [0.15, 0.2) is 22.5 Å². The Morgan fingerprint density at radius 1 is 0.909 bits per heavy atom. The number of nitrogen functional groups attached to an aromatic ring is 2. The number of rotatable bonds is 14. The Labute approximate surface area is 262 Å². The zero-order valence-electron chi connectivity index (χ0n) is 25.2. The van der Waals surface area contributed by atoms with Gasteiger partial charge in [-0.25, -0.2) is 14.8 Å². The first kappa shape index (κ1) is 33.9. The number of amides is 3. The van der Waals surface area contributed by atoms with E-state index in [0.717, 1.165) is 11.1 Å². The summed E-state index contributed by atoms with van der Waals surface area (Å²) in [5.74, 6) is -0.363. The van der Waals surface area contributed by atoms with Gasteiger partial charge in [0.2, 0.25) is 5.91 Å². The Morgan fingerprint density at radius 3 is 2.30 bits per heavy atom. The predicted octanol–water partition coefficient (Wildman–Crippen LogP) is 4.03. The van der Waals surface area contributed by atoms with Crippen molar-refractivity contribution >= 4 is 41.1 Å². The SMILES string of the molecule is CC(C)(C)OC(=O)NCCCC[C@@H](CNC(=O)c1nc(Cl)c(N)nc1N)NC(=O)Cc1ccc(OCc2ccccc2)cc1. The molecule has 0 radical (unpaired) electrons. The summed E-state index contributed by atoms with van der Waals surface area (Å²) in [4.78, 5) is 45.4. The monoisotopic (exact) mass is 625 g/mol. The van der Waals surface area contributed by atoms with Crippen LogP contribution in [0.5, 0.6) is 5.75 Å². The zero-order valence-corrected chi connectivity index (χ0v) is 25.9. The van der Waals surface area contributed by atoms with Crippen LogP contribution in [0.25, 0.3) is 0 Å². The molecule has 0 spiro atoms. The smallest absolute Gasteiger partial charge is 0.407 e. The molecule has 0 saturated heterocycles. The average Bonchev–Trinajstić information content (AvgIpc) is 2.96. The summed E-state index contributed by atoms with van der Waals surface area (Å²) in [5, 5.41) is 8.30. The maximum atomic E-state index is 13.0. The van der Waals surface area contributed by atoms with Gasteiger partial charge < -0.3 is 36.9 Å². The van der Waals surface area contributed by atoms with E-state index >= 15 is 0 Å². The molecular formula is C31H40ClN7O5. The molecule has 13 heteroatoms. The van der Waals surface area contributed by atoms with E-state index in [1.807, 2.05) is 54.6 Å². The molecule has 3 amide bonds. The van der Waals surface area contributed by atoms with Crippen LogP contribution in [0.3, 0.4) is 0 Å². The van der Waals surface area contributed by atoms with E-state index in [1.165, 1.54) is 0 Å². The van der Waals surface area contributed by atoms with E-state index in [4.69, 9.17) is 32.5 Å². The van der Waals surface area contributed by atoms with Crippen molar-refractivity contribution < 1.29 is 23.9 Å². The van der Waals surface area contributed by atoms with Gasteiger partial charge in [0.05, 0.1) is 6.42 Å². The maximum absolute atomic E-state index is 13.0. The Morgan fingerprint density at radius 2 is 1.61 bits per heavy atom.